The van der Waals surface area contributed by atoms with Gasteiger partial charge in [-0.25, -0.2) is 9.59 Å². The summed E-state index contributed by atoms with van der Waals surface area (Å²) in [5.41, 5.74) is 1.73. The Morgan fingerprint density at radius 3 is 1.54 bits per heavy atom. The molecule has 0 bridgehead atoms. The molecule has 1 aliphatic heterocycles. The largest absolute Gasteiger partial charge is 0.463 e. The van der Waals surface area contributed by atoms with Crippen molar-refractivity contribution in [2.45, 2.75) is 212 Å². The van der Waals surface area contributed by atoms with Crippen molar-refractivity contribution in [2.75, 3.05) is 13.2 Å². The van der Waals surface area contributed by atoms with Gasteiger partial charge >= 0.3 is 35.8 Å². The lowest BCUT2D eigenvalue weighted by Crippen LogP contribution is -2.63. The molecule has 3 aromatic carbocycles. The third kappa shape index (κ3) is 24.3. The summed E-state index contributed by atoms with van der Waals surface area (Å²) in [7, 11) is 0. The molecule has 1 heterocycles. The van der Waals surface area contributed by atoms with Gasteiger partial charge < -0.3 is 43.2 Å². The Balaban J connectivity index is 1.69. The predicted molar refractivity (Wildman–Crippen MR) is 285 cm³/mol. The highest BCUT2D eigenvalue weighted by molar-refractivity contribution is 5.90. The number of carbonyl (C=O) groups excluding carboxylic acids is 7. The molecule has 0 saturated carbocycles. The Bertz CT molecular complexity index is 2170. The average molecular weight is 1060 g/mol. The van der Waals surface area contributed by atoms with Crippen LogP contribution < -0.4 is 5.32 Å². The molecule has 0 aromatic heterocycles. The lowest BCUT2D eigenvalue weighted by Gasteiger charge is -2.44. The molecule has 1 aliphatic rings. The summed E-state index contributed by atoms with van der Waals surface area (Å²) in [5.74, 6) is -5.02. The van der Waals surface area contributed by atoms with Crippen molar-refractivity contribution in [3.63, 3.8) is 0 Å². The molecule has 418 valence electrons. The first-order valence-corrected chi connectivity index (χ1v) is 27.5. The van der Waals surface area contributed by atoms with E-state index in [9.17, 15) is 33.6 Å². The summed E-state index contributed by atoms with van der Waals surface area (Å²) in [6, 6.07) is 25.7. The number of aryl methyl sites for hydroxylation is 1. The fourth-order valence-electron chi connectivity index (χ4n) is 9.25. The second-order valence-corrected chi connectivity index (χ2v) is 19.6. The van der Waals surface area contributed by atoms with Crippen molar-refractivity contribution in [2.24, 2.45) is 0 Å². The minimum Gasteiger partial charge on any atom is -0.463 e. The summed E-state index contributed by atoms with van der Waals surface area (Å²) in [5, 5.41) is 3.04. The van der Waals surface area contributed by atoms with Gasteiger partial charge in [-0.2, -0.15) is 0 Å². The molecule has 1 amide bonds. The maximum Gasteiger partial charge on any atom is 0.338 e. The third-order valence-corrected chi connectivity index (χ3v) is 13.1. The van der Waals surface area contributed by atoms with Crippen LogP contribution in [0.3, 0.4) is 0 Å². The van der Waals surface area contributed by atoms with Crippen molar-refractivity contribution in [1.29, 1.82) is 0 Å². The molecular formula is C60H83NO15. The number of benzene rings is 3. The normalized spacial score (nSPS) is 18.2. The molecule has 16 heteroatoms. The minimum atomic E-state index is -1.64. The van der Waals surface area contributed by atoms with Gasteiger partial charge in [-0.15, -0.1) is 0 Å². The number of unbranched alkanes of at least 4 members (excludes halogenated alkanes) is 15. The average Bonchev–Trinajstić information content (AvgIpc) is 3.41. The van der Waals surface area contributed by atoms with Gasteiger partial charge in [0.25, 0.3) is 0 Å². The summed E-state index contributed by atoms with van der Waals surface area (Å²) in [6.07, 6.45) is 8.51. The Labute approximate surface area is 449 Å². The standard InChI is InChI=1S/C60H83NO15/c1-6-7-8-9-10-11-12-13-14-15-18-30-39-51(74-58(67)48-35-26-21-27-36-48)54(76-59(68)49-37-28-22-29-38-49)50(61-53(66)40-31-19-16-17-23-32-47-33-24-20-25-34-47)41-70-60-57(73-46(5)65)56(72-45(4)64)55(71-44(3)63)52(75-60)42-69-43(2)62/h20-22,24-29,33-38,50-52,54-57,60H,6-19,23,30-32,39-42H2,1-5H3,(H,61,66)/t50-,51+,52?,54-,55?,56?,57?,60?/m0/s1. The summed E-state index contributed by atoms with van der Waals surface area (Å²) in [4.78, 5) is 92.5. The molecule has 0 aliphatic carbocycles. The number of hydrogen-bond donors (Lipinski definition) is 1. The number of esters is 6. The number of ether oxygens (including phenoxy) is 8. The van der Waals surface area contributed by atoms with E-state index in [1.54, 1.807) is 60.7 Å². The molecule has 3 aromatic rings. The molecule has 0 spiro atoms. The Morgan fingerprint density at radius 1 is 0.526 bits per heavy atom. The fourth-order valence-corrected chi connectivity index (χ4v) is 9.25. The van der Waals surface area contributed by atoms with Gasteiger partial charge in [0.15, 0.2) is 30.7 Å². The van der Waals surface area contributed by atoms with Crippen LogP contribution in [0.15, 0.2) is 91.0 Å². The first kappa shape index (κ1) is 62.4. The highest BCUT2D eigenvalue weighted by atomic mass is 16.7. The lowest BCUT2D eigenvalue weighted by atomic mass is 9.97. The topological polar surface area (TPSA) is 205 Å². The molecule has 16 nitrogen and oxygen atoms in total. The van der Waals surface area contributed by atoms with E-state index in [1.165, 1.54) is 44.1 Å². The van der Waals surface area contributed by atoms with E-state index in [4.69, 9.17) is 37.9 Å². The Morgan fingerprint density at radius 2 is 1.00 bits per heavy atom. The van der Waals surface area contributed by atoms with E-state index in [0.29, 0.717) is 12.8 Å². The van der Waals surface area contributed by atoms with Crippen LogP contribution in [0.1, 0.15) is 183 Å². The van der Waals surface area contributed by atoms with Crippen molar-refractivity contribution in [1.82, 2.24) is 5.32 Å². The second-order valence-electron chi connectivity index (χ2n) is 19.6. The van der Waals surface area contributed by atoms with Crippen LogP contribution in [0.5, 0.6) is 0 Å². The number of rotatable bonds is 36. The summed E-state index contributed by atoms with van der Waals surface area (Å²) >= 11 is 0. The van der Waals surface area contributed by atoms with E-state index in [2.05, 4.69) is 24.4 Å². The third-order valence-electron chi connectivity index (χ3n) is 13.1. The number of carbonyl (C=O) groups is 7. The van der Waals surface area contributed by atoms with Gasteiger partial charge in [0.1, 0.15) is 18.8 Å². The van der Waals surface area contributed by atoms with Gasteiger partial charge in [-0.1, -0.05) is 164 Å². The molecule has 8 atom stereocenters. The smallest absolute Gasteiger partial charge is 0.338 e. The van der Waals surface area contributed by atoms with Gasteiger partial charge in [-0.3, -0.25) is 24.0 Å². The first-order chi connectivity index (χ1) is 36.7. The maximum absolute atomic E-state index is 14.3. The quantitative estimate of drug-likeness (QED) is 0.0327. The molecule has 0 radical (unpaired) electrons. The Hall–Kier alpha value is -6.13. The Kier molecular flexibility index (Phi) is 29.6. The van der Waals surface area contributed by atoms with E-state index in [0.717, 1.165) is 91.9 Å². The maximum atomic E-state index is 14.3. The van der Waals surface area contributed by atoms with Crippen LogP contribution in [0.4, 0.5) is 0 Å². The fraction of sp³-hybridized carbons (Fsp3) is 0.583. The molecule has 5 unspecified atom stereocenters. The van der Waals surface area contributed by atoms with Crippen molar-refractivity contribution < 1.29 is 71.5 Å². The van der Waals surface area contributed by atoms with Crippen LogP contribution >= 0.6 is 0 Å². The van der Waals surface area contributed by atoms with Crippen LogP contribution in [0.25, 0.3) is 0 Å². The summed E-state index contributed by atoms with van der Waals surface area (Å²) in [6.45, 7) is 5.69. The molecule has 76 heavy (non-hydrogen) atoms. The van der Waals surface area contributed by atoms with Crippen molar-refractivity contribution in [3.05, 3.63) is 108 Å². The lowest BCUT2D eigenvalue weighted by molar-refractivity contribution is -0.309. The molecule has 1 saturated heterocycles. The van der Waals surface area contributed by atoms with Gasteiger partial charge in [-0.05, 0) is 61.9 Å². The minimum absolute atomic E-state index is 0.0980. The van der Waals surface area contributed by atoms with Gasteiger partial charge in [0.05, 0.1) is 23.8 Å². The molecule has 1 N–H and O–H groups in total. The first-order valence-electron chi connectivity index (χ1n) is 27.5. The molecule has 4 rings (SSSR count). The van der Waals surface area contributed by atoms with E-state index in [-0.39, 0.29) is 24.0 Å². The van der Waals surface area contributed by atoms with E-state index < -0.39 is 104 Å². The molecule has 1 fully saturated rings. The second kappa shape index (κ2) is 36.0. The number of amides is 1. The van der Waals surface area contributed by atoms with Gasteiger partial charge in [0.2, 0.25) is 5.91 Å². The van der Waals surface area contributed by atoms with E-state index in [1.807, 2.05) is 18.2 Å². The monoisotopic (exact) mass is 1060 g/mol. The number of nitrogens with one attached hydrogen (secondary N) is 1. The van der Waals surface area contributed by atoms with Crippen LogP contribution in [0, 0.1) is 0 Å². The SMILES string of the molecule is CCCCCCCCCCCCCC[C@@H](OC(=O)c1ccccc1)[C@@H](OC(=O)c1ccccc1)[C@H](COC1OC(COC(C)=O)C(OC(C)=O)C(OC(C)=O)C1OC(C)=O)NC(=O)CCCCCCCc1ccccc1. The highest BCUT2D eigenvalue weighted by Gasteiger charge is 2.53. The number of hydrogen-bond acceptors (Lipinski definition) is 15. The van der Waals surface area contributed by atoms with E-state index >= 15 is 0 Å². The van der Waals surface area contributed by atoms with Crippen LogP contribution in [-0.4, -0.2) is 104 Å². The zero-order chi connectivity index (χ0) is 54.9. The van der Waals surface area contributed by atoms with Gasteiger partial charge in [0, 0.05) is 34.1 Å². The molecular weight excluding hydrogens is 975 g/mol. The predicted octanol–water partition coefficient (Wildman–Crippen LogP) is 10.7. The van der Waals surface area contributed by atoms with Crippen LogP contribution in [0.2, 0.25) is 0 Å². The van der Waals surface area contributed by atoms with Crippen molar-refractivity contribution >= 4 is 41.7 Å². The van der Waals surface area contributed by atoms with Crippen LogP contribution in [-0.2, 0) is 68.3 Å². The van der Waals surface area contributed by atoms with Crippen molar-refractivity contribution in [3.8, 4) is 0 Å². The zero-order valence-electron chi connectivity index (χ0n) is 45.5. The zero-order valence-corrected chi connectivity index (χ0v) is 45.5. The summed E-state index contributed by atoms with van der Waals surface area (Å²) < 4.78 is 47.7. The highest BCUT2D eigenvalue weighted by Crippen LogP contribution is 2.31.